The number of aryl methyl sites for hydroxylation is 1. The van der Waals surface area contributed by atoms with Crippen LogP contribution in [-0.4, -0.2) is 57.4 Å². The van der Waals surface area contributed by atoms with Gasteiger partial charge in [-0.05, 0) is 85.7 Å². The van der Waals surface area contributed by atoms with Crippen molar-refractivity contribution in [3.05, 3.63) is 131 Å². The predicted molar refractivity (Wildman–Crippen MR) is 192 cm³/mol. The summed E-state index contributed by atoms with van der Waals surface area (Å²) in [7, 11) is 1.52. The molecule has 0 aromatic heterocycles. The van der Waals surface area contributed by atoms with Crippen LogP contribution in [0.3, 0.4) is 0 Å². The molecule has 6 atom stereocenters. The van der Waals surface area contributed by atoms with Gasteiger partial charge >= 0.3 is 0 Å². The SMILES string of the molecule is COc1ccc(O)c(C2C3=CCC4C(=O)N(CCc5ccc(O)cc5)C(=O)C4C3CC3C(=O)N(Nc4ccc(C)cc4)C(=O)C32c2ccccc2)c1. The Bertz CT molecular complexity index is 2110. The summed E-state index contributed by atoms with van der Waals surface area (Å²) in [6.07, 6.45) is 2.83. The van der Waals surface area contributed by atoms with Crippen molar-refractivity contribution in [2.75, 3.05) is 19.1 Å². The molecule has 1 saturated carbocycles. The molecule has 6 unspecified atom stereocenters. The maximum Gasteiger partial charge on any atom is 0.260 e. The van der Waals surface area contributed by atoms with Crippen LogP contribution in [0.4, 0.5) is 5.69 Å². The highest BCUT2D eigenvalue weighted by molar-refractivity contribution is 6.13. The Kier molecular flexibility index (Phi) is 8.12. The number of aromatic hydroxyl groups is 2. The molecule has 52 heavy (non-hydrogen) atoms. The number of carbonyl (C=O) groups is 4. The van der Waals surface area contributed by atoms with E-state index in [2.05, 4.69) is 5.43 Å². The number of hydrogen-bond donors (Lipinski definition) is 3. The van der Waals surface area contributed by atoms with Crippen molar-refractivity contribution in [2.45, 2.75) is 37.5 Å². The fourth-order valence-corrected chi connectivity index (χ4v) is 9.17. The van der Waals surface area contributed by atoms with Gasteiger partial charge in [-0.15, -0.1) is 0 Å². The van der Waals surface area contributed by atoms with E-state index < -0.39 is 46.8 Å². The lowest BCUT2D eigenvalue weighted by Crippen LogP contribution is -2.53. The third-order valence-corrected chi connectivity index (χ3v) is 11.6. The molecule has 0 radical (unpaired) electrons. The molecule has 2 aliphatic heterocycles. The summed E-state index contributed by atoms with van der Waals surface area (Å²) in [5, 5.41) is 22.4. The standard InChI is InChI=1S/C42H39N3O7/c1-24-8-12-27(13-9-24)43-45-39(49)34-23-32-30(17-18-31-36(32)40(50)44(38(31)48)21-20-25-10-14-28(46)15-11-25)37(33-22-29(52-2)16-19-35(33)47)42(34,41(45)51)26-6-4-3-5-7-26/h3-17,19,22,31-32,34,36-37,43,46-47H,18,20-21,23H2,1-2H3. The van der Waals surface area contributed by atoms with E-state index >= 15 is 4.79 Å². The maximum absolute atomic E-state index is 15.3. The van der Waals surface area contributed by atoms with Crippen molar-refractivity contribution in [3.8, 4) is 17.2 Å². The van der Waals surface area contributed by atoms with Gasteiger partial charge in [0.25, 0.3) is 11.8 Å². The number of methoxy groups -OCH3 is 1. The summed E-state index contributed by atoms with van der Waals surface area (Å²) in [6, 6.07) is 28.1. The fourth-order valence-electron chi connectivity index (χ4n) is 9.17. The van der Waals surface area contributed by atoms with Gasteiger partial charge in [-0.2, -0.15) is 5.01 Å². The number of anilines is 1. The average molecular weight is 698 g/mol. The predicted octanol–water partition coefficient (Wildman–Crippen LogP) is 5.64. The number of nitrogens with zero attached hydrogens (tertiary/aromatic N) is 2. The van der Waals surface area contributed by atoms with E-state index in [-0.39, 0.29) is 42.7 Å². The summed E-state index contributed by atoms with van der Waals surface area (Å²) in [4.78, 5) is 59.7. The van der Waals surface area contributed by atoms with Gasteiger partial charge in [-0.25, -0.2) is 0 Å². The highest BCUT2D eigenvalue weighted by Gasteiger charge is 2.70. The molecular weight excluding hydrogens is 658 g/mol. The molecule has 10 nitrogen and oxygen atoms in total. The van der Waals surface area contributed by atoms with E-state index in [9.17, 15) is 24.6 Å². The highest BCUT2D eigenvalue weighted by atomic mass is 16.5. The Balaban J connectivity index is 1.26. The van der Waals surface area contributed by atoms with Crippen LogP contribution >= 0.6 is 0 Å². The van der Waals surface area contributed by atoms with Gasteiger partial charge in [-0.1, -0.05) is 71.8 Å². The first kappa shape index (κ1) is 33.3. The third kappa shape index (κ3) is 5.07. The number of hydrogen-bond acceptors (Lipinski definition) is 8. The summed E-state index contributed by atoms with van der Waals surface area (Å²) >= 11 is 0. The number of likely N-dealkylation sites (tertiary alicyclic amines) is 1. The zero-order valence-corrected chi connectivity index (χ0v) is 28.9. The van der Waals surface area contributed by atoms with Gasteiger partial charge in [0.2, 0.25) is 11.8 Å². The Morgan fingerprint density at radius 2 is 1.58 bits per heavy atom. The molecule has 3 N–H and O–H groups in total. The molecular formula is C42H39N3O7. The second-order valence-electron chi connectivity index (χ2n) is 14.3. The van der Waals surface area contributed by atoms with Crippen LogP contribution in [0.25, 0.3) is 0 Å². The highest BCUT2D eigenvalue weighted by Crippen LogP contribution is 2.65. The lowest BCUT2D eigenvalue weighted by atomic mass is 9.49. The molecule has 2 aliphatic carbocycles. The Morgan fingerprint density at radius 1 is 0.846 bits per heavy atom. The van der Waals surface area contributed by atoms with Gasteiger partial charge in [0.05, 0.1) is 36.0 Å². The second kappa shape index (κ2) is 12.7. The summed E-state index contributed by atoms with van der Waals surface area (Å²) < 4.78 is 5.60. The van der Waals surface area contributed by atoms with E-state index in [1.54, 1.807) is 48.5 Å². The number of imide groups is 2. The number of allylic oxidation sites excluding steroid dienone is 2. The molecule has 4 amide bonds. The minimum Gasteiger partial charge on any atom is -0.508 e. The van der Waals surface area contributed by atoms with Crippen LogP contribution in [0.15, 0.2) is 109 Å². The molecule has 0 bridgehead atoms. The summed E-state index contributed by atoms with van der Waals surface area (Å²) in [5.74, 6) is -4.64. The van der Waals surface area contributed by atoms with Gasteiger partial charge in [0, 0.05) is 18.0 Å². The van der Waals surface area contributed by atoms with Crippen molar-refractivity contribution < 1.29 is 34.1 Å². The molecule has 8 rings (SSSR count). The Morgan fingerprint density at radius 3 is 2.29 bits per heavy atom. The smallest absolute Gasteiger partial charge is 0.260 e. The van der Waals surface area contributed by atoms with Crippen molar-refractivity contribution in [3.63, 3.8) is 0 Å². The number of fused-ring (bicyclic) bond motifs is 4. The van der Waals surface area contributed by atoms with Crippen molar-refractivity contribution in [1.82, 2.24) is 9.91 Å². The summed E-state index contributed by atoms with van der Waals surface area (Å²) in [5.41, 5.74) is 5.83. The average Bonchev–Trinajstić information content (AvgIpc) is 3.53. The topological polar surface area (TPSA) is 136 Å². The van der Waals surface area contributed by atoms with Crippen molar-refractivity contribution in [2.24, 2.45) is 23.7 Å². The van der Waals surface area contributed by atoms with E-state index in [0.717, 1.165) is 21.7 Å². The van der Waals surface area contributed by atoms with E-state index in [4.69, 9.17) is 4.74 Å². The molecule has 4 aliphatic rings. The number of amides is 4. The van der Waals surface area contributed by atoms with Crippen LogP contribution in [0.5, 0.6) is 17.2 Å². The molecule has 10 heteroatoms. The largest absolute Gasteiger partial charge is 0.508 e. The number of phenols is 2. The quantitative estimate of drug-likeness (QED) is 0.159. The number of phenolic OH excluding ortho intramolecular Hbond substituents is 2. The lowest BCUT2D eigenvalue weighted by molar-refractivity contribution is -0.141. The number of carbonyl (C=O) groups excluding carboxylic acids is 4. The number of benzene rings is 4. The molecule has 0 spiro atoms. The maximum atomic E-state index is 15.3. The monoisotopic (exact) mass is 697 g/mol. The zero-order chi connectivity index (χ0) is 36.3. The van der Waals surface area contributed by atoms with Gasteiger partial charge in [0.1, 0.15) is 17.2 Å². The molecule has 2 saturated heterocycles. The third-order valence-electron chi connectivity index (χ3n) is 11.6. The number of ether oxygens (including phenoxy) is 1. The number of nitrogens with one attached hydrogen (secondary N) is 1. The fraction of sp³-hybridized carbons (Fsp3) is 0.286. The number of rotatable bonds is 8. The lowest BCUT2D eigenvalue weighted by Gasteiger charge is -2.50. The summed E-state index contributed by atoms with van der Waals surface area (Å²) in [6.45, 7) is 2.13. The first-order valence-electron chi connectivity index (χ1n) is 17.6. The van der Waals surface area contributed by atoms with E-state index in [1.165, 1.54) is 18.1 Å². The Labute approximate surface area is 301 Å². The van der Waals surface area contributed by atoms with Crippen LogP contribution in [0.1, 0.15) is 41.0 Å². The van der Waals surface area contributed by atoms with Crippen LogP contribution in [0.2, 0.25) is 0 Å². The zero-order valence-electron chi connectivity index (χ0n) is 28.9. The van der Waals surface area contributed by atoms with Crippen LogP contribution in [0, 0.1) is 30.6 Å². The van der Waals surface area contributed by atoms with Crippen LogP contribution < -0.4 is 10.2 Å². The van der Waals surface area contributed by atoms with E-state index in [1.807, 2.05) is 55.5 Å². The Hall–Kier alpha value is -5.90. The molecule has 264 valence electrons. The molecule has 2 heterocycles. The van der Waals surface area contributed by atoms with Crippen molar-refractivity contribution >= 4 is 29.3 Å². The minimum absolute atomic E-state index is 0.0712. The molecule has 4 aromatic rings. The van der Waals surface area contributed by atoms with Gasteiger partial charge < -0.3 is 14.9 Å². The van der Waals surface area contributed by atoms with Crippen molar-refractivity contribution in [1.29, 1.82) is 0 Å². The normalized spacial score (nSPS) is 26.5. The van der Waals surface area contributed by atoms with Gasteiger partial charge in [-0.3, -0.25) is 29.5 Å². The molecule has 3 fully saturated rings. The van der Waals surface area contributed by atoms with Crippen LogP contribution in [-0.2, 0) is 31.0 Å². The van der Waals surface area contributed by atoms with E-state index in [0.29, 0.717) is 29.0 Å². The second-order valence-corrected chi connectivity index (χ2v) is 14.3. The first-order chi connectivity index (χ1) is 25.1. The molecule has 4 aromatic carbocycles. The first-order valence-corrected chi connectivity index (χ1v) is 17.6. The number of hydrazine groups is 1. The van der Waals surface area contributed by atoms with Gasteiger partial charge in [0.15, 0.2) is 0 Å². The minimum atomic E-state index is -1.50.